The van der Waals surface area contributed by atoms with Crippen LogP contribution in [0.1, 0.15) is 45.9 Å². The minimum atomic E-state index is -1.40. The second kappa shape index (κ2) is 9.37. The quantitative estimate of drug-likeness (QED) is 0.536. The van der Waals surface area contributed by atoms with Gasteiger partial charge in [-0.05, 0) is 78.1 Å². The molecule has 0 aromatic heterocycles. The fraction of sp³-hybridized carbons (Fsp3) is 0.520. The fourth-order valence-corrected chi connectivity index (χ4v) is 5.09. The molecule has 1 fully saturated rings. The first kappa shape index (κ1) is 23.0. The Bertz CT molecular complexity index is 971. The summed E-state index contributed by atoms with van der Waals surface area (Å²) in [5, 5.41) is 40.8. The number of fused-ring (bicyclic) bond motifs is 1. The first-order valence-electron chi connectivity index (χ1n) is 11.0. The van der Waals surface area contributed by atoms with E-state index >= 15 is 0 Å². The van der Waals surface area contributed by atoms with Gasteiger partial charge in [0.15, 0.2) is 11.5 Å². The second-order valence-electron chi connectivity index (χ2n) is 8.68. The highest BCUT2D eigenvalue weighted by Gasteiger charge is 2.44. The maximum atomic E-state index is 10.7. The van der Waals surface area contributed by atoms with Gasteiger partial charge in [0.2, 0.25) is 0 Å². The zero-order valence-corrected chi connectivity index (χ0v) is 18.7. The average molecular weight is 445 g/mol. The van der Waals surface area contributed by atoms with Crippen molar-refractivity contribution >= 4 is 0 Å². The highest BCUT2D eigenvalue weighted by molar-refractivity contribution is 5.52. The van der Waals surface area contributed by atoms with Gasteiger partial charge in [-0.25, -0.2) is 0 Å². The van der Waals surface area contributed by atoms with E-state index in [1.165, 1.54) is 11.1 Å². The Hall–Kier alpha value is -2.16. The number of rotatable bonds is 6. The maximum absolute atomic E-state index is 10.7. The van der Waals surface area contributed by atoms with Gasteiger partial charge in [0.1, 0.15) is 30.5 Å². The van der Waals surface area contributed by atoms with Gasteiger partial charge in [0.05, 0.1) is 20.8 Å². The van der Waals surface area contributed by atoms with E-state index in [4.69, 9.17) is 14.2 Å². The Balaban J connectivity index is 1.74. The molecule has 0 spiro atoms. The van der Waals surface area contributed by atoms with Gasteiger partial charge in [-0.15, -0.1) is 0 Å². The molecule has 4 rings (SSSR count). The average Bonchev–Trinajstić information content (AvgIpc) is 3.30. The third kappa shape index (κ3) is 4.00. The zero-order valence-electron chi connectivity index (χ0n) is 18.7. The van der Waals surface area contributed by atoms with Crippen LogP contribution in [0.2, 0.25) is 0 Å². The topological polar surface area (TPSA) is 109 Å². The number of aliphatic hydroxyl groups excluding tert-OH is 4. The molecule has 2 aliphatic rings. The van der Waals surface area contributed by atoms with E-state index in [0.717, 1.165) is 41.5 Å². The maximum Gasteiger partial charge on any atom is 0.160 e. The molecule has 7 heteroatoms. The smallest absolute Gasteiger partial charge is 0.160 e. The van der Waals surface area contributed by atoms with Crippen molar-refractivity contribution in [2.24, 2.45) is 0 Å². The number of ether oxygens (including phenoxy) is 3. The summed E-state index contributed by atoms with van der Waals surface area (Å²) >= 11 is 0. The molecule has 4 N–H and O–H groups in total. The summed E-state index contributed by atoms with van der Waals surface area (Å²) < 4.78 is 16.7. The fourth-order valence-electron chi connectivity index (χ4n) is 5.09. The Kier molecular flexibility index (Phi) is 6.74. The molecule has 1 aliphatic heterocycles. The molecule has 2 aromatic carbocycles. The summed E-state index contributed by atoms with van der Waals surface area (Å²) in [5.74, 6) is 1.34. The molecule has 1 saturated heterocycles. The van der Waals surface area contributed by atoms with Crippen LogP contribution in [0.5, 0.6) is 11.5 Å². The van der Waals surface area contributed by atoms with Gasteiger partial charge in [0, 0.05) is 0 Å². The lowest BCUT2D eigenvalue weighted by atomic mass is 9.84. The molecule has 0 saturated carbocycles. The monoisotopic (exact) mass is 444 g/mol. The third-order valence-corrected chi connectivity index (χ3v) is 6.86. The van der Waals surface area contributed by atoms with Crippen molar-refractivity contribution < 1.29 is 34.6 Å². The van der Waals surface area contributed by atoms with Gasteiger partial charge < -0.3 is 34.6 Å². The lowest BCUT2D eigenvalue weighted by Crippen LogP contribution is -2.55. The molecule has 1 heterocycles. The molecule has 7 nitrogen and oxygen atoms in total. The molecule has 0 bridgehead atoms. The summed E-state index contributed by atoms with van der Waals surface area (Å²) in [6, 6.07) is 7.91. The largest absolute Gasteiger partial charge is 0.493 e. The number of hydrogen-bond donors (Lipinski definition) is 4. The minimum absolute atomic E-state index is 0.441. The molecular formula is C25H32O7. The minimum Gasteiger partial charge on any atom is -0.493 e. The molecule has 2 aromatic rings. The van der Waals surface area contributed by atoms with Crippen molar-refractivity contribution in [2.75, 3.05) is 20.8 Å². The van der Waals surface area contributed by atoms with Crippen LogP contribution in [0.15, 0.2) is 24.3 Å². The summed E-state index contributed by atoms with van der Waals surface area (Å²) in [5.41, 5.74) is 6.62. The van der Waals surface area contributed by atoms with Crippen molar-refractivity contribution in [3.63, 3.8) is 0 Å². The van der Waals surface area contributed by atoms with Crippen LogP contribution in [0.25, 0.3) is 0 Å². The predicted octanol–water partition coefficient (Wildman–Crippen LogP) is 1.61. The van der Waals surface area contributed by atoms with Crippen molar-refractivity contribution in [3.8, 4) is 11.5 Å². The molecule has 32 heavy (non-hydrogen) atoms. The second-order valence-corrected chi connectivity index (χ2v) is 8.68. The van der Waals surface area contributed by atoms with E-state index in [9.17, 15) is 20.4 Å². The highest BCUT2D eigenvalue weighted by Crippen LogP contribution is 2.40. The molecular weight excluding hydrogens is 412 g/mol. The van der Waals surface area contributed by atoms with Crippen LogP contribution in [-0.2, 0) is 24.0 Å². The standard InChI is InChI=1S/C25H32O7/c1-13-16-5-4-6-17(16)15(9-14-7-8-19(30-2)20(10-14)31-3)11-18(13)25-24(29)23(28)22(27)21(12-26)32-25/h7-8,10-11,21-29H,4-6,9,12H2,1-3H3/t21-,22-,23+,24-,25+/m1/s1. The van der Waals surface area contributed by atoms with Crippen molar-refractivity contribution in [2.45, 2.75) is 63.1 Å². The number of methoxy groups -OCH3 is 2. The van der Waals surface area contributed by atoms with Gasteiger partial charge in [-0.1, -0.05) is 12.1 Å². The van der Waals surface area contributed by atoms with Crippen molar-refractivity contribution in [3.05, 3.63) is 57.6 Å². The first-order chi connectivity index (χ1) is 15.4. The first-order valence-corrected chi connectivity index (χ1v) is 11.0. The van der Waals surface area contributed by atoms with Gasteiger partial charge in [-0.2, -0.15) is 0 Å². The zero-order chi connectivity index (χ0) is 23.0. The lowest BCUT2D eigenvalue weighted by Gasteiger charge is -2.41. The number of benzene rings is 2. The van der Waals surface area contributed by atoms with Crippen LogP contribution in [-0.4, -0.2) is 65.7 Å². The van der Waals surface area contributed by atoms with Gasteiger partial charge in [0.25, 0.3) is 0 Å². The molecule has 0 amide bonds. The molecule has 174 valence electrons. The summed E-state index contributed by atoms with van der Waals surface area (Å²) in [7, 11) is 3.22. The summed E-state index contributed by atoms with van der Waals surface area (Å²) in [6.07, 6.45) is -2.14. The van der Waals surface area contributed by atoms with Crippen LogP contribution in [0.4, 0.5) is 0 Å². The van der Waals surface area contributed by atoms with E-state index in [2.05, 4.69) is 0 Å². The molecule has 1 aliphatic carbocycles. The highest BCUT2D eigenvalue weighted by atomic mass is 16.5. The van der Waals surface area contributed by atoms with Gasteiger partial charge >= 0.3 is 0 Å². The summed E-state index contributed by atoms with van der Waals surface area (Å²) in [6.45, 7) is 1.57. The van der Waals surface area contributed by atoms with E-state index in [0.29, 0.717) is 17.9 Å². The molecule has 0 unspecified atom stereocenters. The Labute approximate surface area is 188 Å². The van der Waals surface area contributed by atoms with Crippen LogP contribution < -0.4 is 9.47 Å². The summed E-state index contributed by atoms with van der Waals surface area (Å²) in [4.78, 5) is 0. The normalized spacial score (nSPS) is 27.3. The lowest BCUT2D eigenvalue weighted by molar-refractivity contribution is -0.231. The van der Waals surface area contributed by atoms with Crippen LogP contribution >= 0.6 is 0 Å². The van der Waals surface area contributed by atoms with E-state index in [1.807, 2.05) is 31.2 Å². The number of hydrogen-bond acceptors (Lipinski definition) is 7. The van der Waals surface area contributed by atoms with E-state index in [-0.39, 0.29) is 0 Å². The van der Waals surface area contributed by atoms with Gasteiger partial charge in [-0.3, -0.25) is 0 Å². The van der Waals surface area contributed by atoms with E-state index in [1.54, 1.807) is 14.2 Å². The SMILES string of the molecule is COc1ccc(Cc2cc([C@@H]3O[C@H](CO)[C@@H](O)[C@H](O)[C@H]3O)c(C)c3c2CCC3)cc1OC. The van der Waals surface area contributed by atoms with E-state index < -0.39 is 37.1 Å². The Morgan fingerprint density at radius 1 is 0.938 bits per heavy atom. The Morgan fingerprint density at radius 2 is 1.66 bits per heavy atom. The predicted molar refractivity (Wildman–Crippen MR) is 118 cm³/mol. The molecule has 5 atom stereocenters. The third-order valence-electron chi connectivity index (χ3n) is 6.86. The number of aliphatic hydroxyl groups is 4. The van der Waals surface area contributed by atoms with Crippen LogP contribution in [0, 0.1) is 6.92 Å². The van der Waals surface area contributed by atoms with Crippen molar-refractivity contribution in [1.82, 2.24) is 0 Å². The van der Waals surface area contributed by atoms with Crippen LogP contribution in [0.3, 0.4) is 0 Å². The molecule has 0 radical (unpaired) electrons. The Morgan fingerprint density at radius 3 is 2.34 bits per heavy atom. The van der Waals surface area contributed by atoms with Crippen molar-refractivity contribution in [1.29, 1.82) is 0 Å².